The predicted octanol–water partition coefficient (Wildman–Crippen LogP) is 14.3. The fourth-order valence-corrected chi connectivity index (χ4v) is 13.7. The van der Waals surface area contributed by atoms with Crippen molar-refractivity contribution in [1.29, 1.82) is 0 Å². The van der Waals surface area contributed by atoms with Crippen molar-refractivity contribution in [1.82, 2.24) is 4.57 Å². The molecule has 264 valence electrons. The predicted molar refractivity (Wildman–Crippen MR) is 232 cm³/mol. The van der Waals surface area contributed by atoms with Crippen LogP contribution in [0.3, 0.4) is 0 Å². The lowest BCUT2D eigenvalue weighted by Crippen LogP contribution is -2.57. The Morgan fingerprint density at radius 2 is 1.16 bits per heavy atom. The van der Waals surface area contributed by atoms with Gasteiger partial charge in [0.2, 0.25) is 0 Å². The van der Waals surface area contributed by atoms with E-state index in [4.69, 9.17) is 0 Å². The van der Waals surface area contributed by atoms with Crippen molar-refractivity contribution in [2.45, 2.75) is 37.5 Å². The molecule has 5 aliphatic rings. The van der Waals surface area contributed by atoms with Crippen LogP contribution in [0.4, 0.5) is 17.1 Å². The monoisotopic (exact) mass is 724 g/mol. The van der Waals surface area contributed by atoms with E-state index < -0.39 is 0 Å². The van der Waals surface area contributed by atoms with Crippen LogP contribution in [-0.4, -0.2) is 4.57 Å². The third-order valence-corrected chi connectivity index (χ3v) is 15.5. The van der Waals surface area contributed by atoms with E-state index >= 15 is 0 Å². The maximum absolute atomic E-state index is 2.64. The van der Waals surface area contributed by atoms with Gasteiger partial charge in [-0.3, -0.25) is 0 Å². The van der Waals surface area contributed by atoms with Crippen molar-refractivity contribution in [3.63, 3.8) is 0 Å². The number of para-hydroxylation sites is 3. The Hall–Kier alpha value is -5.64. The van der Waals surface area contributed by atoms with Gasteiger partial charge in [-0.15, -0.1) is 11.3 Å². The molecule has 3 heterocycles. The van der Waals surface area contributed by atoms with Gasteiger partial charge in [0, 0.05) is 47.7 Å². The zero-order valence-corrected chi connectivity index (χ0v) is 31.5. The minimum absolute atomic E-state index is 0.0694. The molecule has 3 heteroatoms. The second-order valence-corrected chi connectivity index (χ2v) is 18.0. The van der Waals surface area contributed by atoms with Crippen molar-refractivity contribution in [3.05, 3.63) is 169 Å². The highest BCUT2D eigenvalue weighted by molar-refractivity contribution is 7.25. The first-order chi connectivity index (χ1) is 27.2. The van der Waals surface area contributed by atoms with Crippen LogP contribution < -0.4 is 4.90 Å². The lowest BCUT2D eigenvalue weighted by molar-refractivity contribution is -0.0418. The number of benzene rings is 7. The molecule has 2 aromatic heterocycles. The zero-order valence-electron chi connectivity index (χ0n) is 30.7. The van der Waals surface area contributed by atoms with Crippen molar-refractivity contribution < 1.29 is 0 Å². The van der Waals surface area contributed by atoms with Gasteiger partial charge in [-0.05, 0) is 133 Å². The van der Waals surface area contributed by atoms with Gasteiger partial charge in [0.25, 0.3) is 0 Å². The summed E-state index contributed by atoms with van der Waals surface area (Å²) in [6, 6.07) is 59.8. The normalized spacial score (nSPS) is 23.3. The Morgan fingerprint density at radius 1 is 0.509 bits per heavy atom. The van der Waals surface area contributed by atoms with E-state index in [1.807, 2.05) is 11.3 Å². The molecule has 4 bridgehead atoms. The van der Waals surface area contributed by atoms with Crippen molar-refractivity contribution in [3.8, 4) is 16.8 Å². The molecule has 1 spiro atoms. The molecule has 7 aromatic carbocycles. The molecule has 2 nitrogen and oxygen atoms in total. The van der Waals surface area contributed by atoms with Crippen LogP contribution in [0.25, 0.3) is 58.8 Å². The summed E-state index contributed by atoms with van der Waals surface area (Å²) in [5.74, 6) is 3.23. The lowest BCUT2D eigenvalue weighted by Gasteiger charge is -2.63. The van der Waals surface area contributed by atoms with E-state index in [2.05, 4.69) is 167 Å². The van der Waals surface area contributed by atoms with Crippen LogP contribution in [0.15, 0.2) is 158 Å². The molecular weight excluding hydrogens is 685 g/mol. The molecule has 0 atom stereocenters. The van der Waals surface area contributed by atoms with Gasteiger partial charge in [-0.2, -0.15) is 0 Å². The molecule has 14 rings (SSSR count). The van der Waals surface area contributed by atoms with Crippen LogP contribution >= 0.6 is 11.3 Å². The highest BCUT2D eigenvalue weighted by Crippen LogP contribution is 2.68. The number of aromatic nitrogens is 1. The molecule has 0 N–H and O–H groups in total. The largest absolute Gasteiger partial charge is 0.310 e. The standard InChI is InChI=1S/C52H40N2S/c1-2-10-38(11-3-1)53(39-21-18-34(19-22-39)35-20-23-41-40-12-5-9-17-48(40)55-49(41)31-35)47-25-24-44-51-50(47)42-13-4-7-15-45(42)54(51)46-16-8-6-14-43(46)52(44)36-27-32-26-33(29-36)30-37(52)28-32/h1-25,31-33,36-37H,26-30H2. The van der Waals surface area contributed by atoms with Gasteiger partial charge in [-0.1, -0.05) is 103 Å². The smallest absolute Gasteiger partial charge is 0.0603 e. The fourth-order valence-electron chi connectivity index (χ4n) is 12.5. The topological polar surface area (TPSA) is 8.17 Å². The molecule has 55 heavy (non-hydrogen) atoms. The third kappa shape index (κ3) is 4.09. The summed E-state index contributed by atoms with van der Waals surface area (Å²) >= 11 is 1.89. The van der Waals surface area contributed by atoms with E-state index in [0.717, 1.165) is 11.8 Å². The molecule has 0 saturated heterocycles. The molecule has 0 unspecified atom stereocenters. The summed E-state index contributed by atoms with van der Waals surface area (Å²) in [6.45, 7) is 0. The summed E-state index contributed by atoms with van der Waals surface area (Å²) in [7, 11) is 0. The molecule has 4 aliphatic carbocycles. The Morgan fingerprint density at radius 3 is 1.98 bits per heavy atom. The van der Waals surface area contributed by atoms with Crippen molar-refractivity contribution in [2.24, 2.45) is 23.7 Å². The number of anilines is 3. The minimum atomic E-state index is 0.0694. The van der Waals surface area contributed by atoms with Crippen LogP contribution in [0.1, 0.15) is 43.2 Å². The SMILES string of the molecule is c1ccc(N(c2ccc(-c3ccc4c(c3)sc3ccccc34)cc2)c2ccc3c4c2c2ccccc2n4-c2ccccc2C32C3CC4CC(C3)CC2C4)cc1. The first-order valence-electron chi connectivity index (χ1n) is 20.3. The van der Waals surface area contributed by atoms with E-state index in [-0.39, 0.29) is 5.41 Å². The fraction of sp³-hybridized carbons (Fsp3) is 0.192. The molecule has 0 radical (unpaired) electrons. The number of nitrogens with zero attached hydrogens (tertiary/aromatic N) is 2. The Kier molecular flexibility index (Phi) is 6.25. The molecule has 0 amide bonds. The first kappa shape index (κ1) is 30.7. The second-order valence-electron chi connectivity index (χ2n) is 16.9. The summed E-state index contributed by atoms with van der Waals surface area (Å²) in [6.07, 6.45) is 6.97. The van der Waals surface area contributed by atoms with Gasteiger partial charge >= 0.3 is 0 Å². The van der Waals surface area contributed by atoms with Crippen LogP contribution in [0.2, 0.25) is 0 Å². The highest BCUT2D eigenvalue weighted by Gasteiger charge is 2.61. The maximum atomic E-state index is 2.64. The molecule has 1 aliphatic heterocycles. The average Bonchev–Trinajstić information content (AvgIpc) is 3.78. The maximum Gasteiger partial charge on any atom is 0.0603 e. The first-order valence-corrected chi connectivity index (χ1v) is 21.1. The average molecular weight is 725 g/mol. The Labute approximate surface area is 325 Å². The zero-order chi connectivity index (χ0) is 35.8. The summed E-state index contributed by atoms with van der Waals surface area (Å²) in [5, 5.41) is 5.39. The van der Waals surface area contributed by atoms with Gasteiger partial charge in [0.15, 0.2) is 0 Å². The van der Waals surface area contributed by atoms with Crippen LogP contribution in [0.5, 0.6) is 0 Å². The van der Waals surface area contributed by atoms with Gasteiger partial charge in [0.1, 0.15) is 0 Å². The third-order valence-electron chi connectivity index (χ3n) is 14.3. The molecular formula is C52H40N2S. The van der Waals surface area contributed by atoms with Gasteiger partial charge in [-0.25, -0.2) is 0 Å². The molecule has 4 saturated carbocycles. The molecule has 4 fully saturated rings. The quantitative estimate of drug-likeness (QED) is 0.175. The van der Waals surface area contributed by atoms with Gasteiger partial charge < -0.3 is 9.47 Å². The van der Waals surface area contributed by atoms with E-state index in [1.54, 1.807) is 11.1 Å². The second kappa shape index (κ2) is 11.2. The lowest BCUT2D eigenvalue weighted by atomic mass is 9.41. The van der Waals surface area contributed by atoms with Crippen LogP contribution in [-0.2, 0) is 5.41 Å². The van der Waals surface area contributed by atoms with E-state index in [0.29, 0.717) is 11.8 Å². The number of thiophene rings is 1. The molecule has 9 aromatic rings. The summed E-state index contributed by atoms with van der Waals surface area (Å²) < 4.78 is 5.33. The van der Waals surface area contributed by atoms with E-state index in [9.17, 15) is 0 Å². The Bertz CT molecular complexity index is 2970. The number of hydrogen-bond donors (Lipinski definition) is 0. The number of rotatable bonds is 4. The summed E-state index contributed by atoms with van der Waals surface area (Å²) in [4.78, 5) is 2.51. The van der Waals surface area contributed by atoms with E-state index in [1.165, 1.54) is 108 Å². The van der Waals surface area contributed by atoms with Crippen LogP contribution in [0, 0.1) is 23.7 Å². The van der Waals surface area contributed by atoms with Crippen molar-refractivity contribution >= 4 is 70.4 Å². The minimum Gasteiger partial charge on any atom is -0.310 e. The summed E-state index contributed by atoms with van der Waals surface area (Å²) in [5.41, 5.74) is 13.5. The highest BCUT2D eigenvalue weighted by atomic mass is 32.1. The van der Waals surface area contributed by atoms with Crippen molar-refractivity contribution in [2.75, 3.05) is 4.90 Å². The Balaban J connectivity index is 1.03. The van der Waals surface area contributed by atoms with Gasteiger partial charge in [0.05, 0.1) is 22.4 Å². The number of fused-ring (bicyclic) bond motifs is 8. The number of hydrogen-bond acceptors (Lipinski definition) is 2.